The van der Waals surface area contributed by atoms with Crippen molar-refractivity contribution in [3.8, 4) is 0 Å². The van der Waals surface area contributed by atoms with E-state index in [0.717, 1.165) is 34.0 Å². The monoisotopic (exact) mass is 378 g/mol. The molecular weight excluding hydrogens is 356 g/mol. The van der Waals surface area contributed by atoms with Crippen molar-refractivity contribution in [3.05, 3.63) is 70.4 Å². The zero-order chi connectivity index (χ0) is 19.0. The van der Waals surface area contributed by atoms with Gasteiger partial charge >= 0.3 is 0 Å². The van der Waals surface area contributed by atoms with Crippen LogP contribution in [0.4, 0.5) is 0 Å². The molecule has 0 amide bonds. The Morgan fingerprint density at radius 2 is 1.96 bits per heavy atom. The van der Waals surface area contributed by atoms with Crippen molar-refractivity contribution in [1.82, 2.24) is 18.9 Å². The third-order valence-corrected chi connectivity index (χ3v) is 5.87. The van der Waals surface area contributed by atoms with E-state index in [-0.39, 0.29) is 11.6 Å². The van der Waals surface area contributed by atoms with Crippen LogP contribution in [0.2, 0.25) is 0 Å². The van der Waals surface area contributed by atoms with Gasteiger partial charge in [0.1, 0.15) is 5.65 Å². The minimum Gasteiger partial charge on any atom is -0.307 e. The van der Waals surface area contributed by atoms with Crippen LogP contribution in [0.3, 0.4) is 0 Å². The average Bonchev–Trinajstić information content (AvgIpc) is 3.10. The molecular formula is C21H22N4OS. The summed E-state index contributed by atoms with van der Waals surface area (Å²) in [5.74, 6) is 0.669. The van der Waals surface area contributed by atoms with Gasteiger partial charge in [-0.1, -0.05) is 36.9 Å². The number of benzene rings is 1. The maximum Gasteiger partial charge on any atom is 0.262 e. The maximum atomic E-state index is 13.0. The van der Waals surface area contributed by atoms with Gasteiger partial charge < -0.3 is 4.40 Å². The highest BCUT2D eigenvalue weighted by atomic mass is 32.2. The molecule has 27 heavy (non-hydrogen) atoms. The topological polar surface area (TPSA) is 52.2 Å². The first-order valence-corrected chi connectivity index (χ1v) is 10.1. The molecule has 0 saturated heterocycles. The summed E-state index contributed by atoms with van der Waals surface area (Å²) in [7, 11) is 0. The number of hydrogen-bond donors (Lipinski definition) is 0. The Balaban J connectivity index is 1.73. The molecule has 0 spiro atoms. The molecule has 6 heteroatoms. The zero-order valence-electron chi connectivity index (χ0n) is 15.7. The van der Waals surface area contributed by atoms with Crippen molar-refractivity contribution < 1.29 is 0 Å². The summed E-state index contributed by atoms with van der Waals surface area (Å²) in [6.07, 6.45) is 4.93. The van der Waals surface area contributed by atoms with Crippen molar-refractivity contribution in [3.63, 3.8) is 0 Å². The van der Waals surface area contributed by atoms with Gasteiger partial charge in [0, 0.05) is 24.2 Å². The van der Waals surface area contributed by atoms with Gasteiger partial charge in [0.05, 0.1) is 16.6 Å². The Kier molecular flexibility index (Phi) is 4.74. The van der Waals surface area contributed by atoms with E-state index < -0.39 is 0 Å². The SMILES string of the molecule is CCC(C)n1c(SCc2cn3cccc(C)c3n2)nc2ccccc2c1=O. The molecule has 4 aromatic rings. The number of hydrogen-bond acceptors (Lipinski definition) is 4. The van der Waals surface area contributed by atoms with Crippen molar-refractivity contribution in [1.29, 1.82) is 0 Å². The van der Waals surface area contributed by atoms with E-state index in [0.29, 0.717) is 11.1 Å². The number of imidazole rings is 1. The molecule has 4 rings (SSSR count). The Hall–Kier alpha value is -2.60. The summed E-state index contributed by atoms with van der Waals surface area (Å²) >= 11 is 1.57. The van der Waals surface area contributed by atoms with Crippen molar-refractivity contribution in [2.75, 3.05) is 0 Å². The zero-order valence-corrected chi connectivity index (χ0v) is 16.5. The number of nitrogens with zero attached hydrogens (tertiary/aromatic N) is 4. The van der Waals surface area contributed by atoms with Crippen LogP contribution in [0.25, 0.3) is 16.6 Å². The second-order valence-corrected chi connectivity index (χ2v) is 7.73. The lowest BCUT2D eigenvalue weighted by atomic mass is 10.2. The second kappa shape index (κ2) is 7.19. The number of para-hydroxylation sites is 1. The fourth-order valence-corrected chi connectivity index (χ4v) is 4.19. The Morgan fingerprint density at radius 1 is 1.15 bits per heavy atom. The van der Waals surface area contributed by atoms with Gasteiger partial charge in [-0.25, -0.2) is 9.97 Å². The number of fused-ring (bicyclic) bond motifs is 2. The van der Waals surface area contributed by atoms with E-state index in [2.05, 4.69) is 26.8 Å². The van der Waals surface area contributed by atoms with Crippen molar-refractivity contribution >= 4 is 28.3 Å². The summed E-state index contributed by atoms with van der Waals surface area (Å²) < 4.78 is 3.87. The third kappa shape index (κ3) is 3.25. The normalized spacial score (nSPS) is 12.7. The lowest BCUT2D eigenvalue weighted by Crippen LogP contribution is -2.26. The number of thioether (sulfide) groups is 1. The van der Waals surface area contributed by atoms with Gasteiger partial charge in [0.25, 0.3) is 5.56 Å². The van der Waals surface area contributed by atoms with E-state index in [1.807, 2.05) is 51.7 Å². The summed E-state index contributed by atoms with van der Waals surface area (Å²) in [5, 5.41) is 1.42. The summed E-state index contributed by atoms with van der Waals surface area (Å²) in [6, 6.07) is 11.7. The van der Waals surface area contributed by atoms with Gasteiger partial charge in [-0.3, -0.25) is 9.36 Å². The number of rotatable bonds is 5. The van der Waals surface area contributed by atoms with Crippen LogP contribution in [0, 0.1) is 6.92 Å². The lowest BCUT2D eigenvalue weighted by molar-refractivity contribution is 0.468. The molecule has 0 bridgehead atoms. The minimum atomic E-state index is 0.0308. The highest BCUT2D eigenvalue weighted by molar-refractivity contribution is 7.98. The molecule has 0 aliphatic rings. The molecule has 0 fully saturated rings. The molecule has 0 aliphatic heterocycles. The van der Waals surface area contributed by atoms with E-state index in [1.165, 1.54) is 0 Å². The highest BCUT2D eigenvalue weighted by Gasteiger charge is 2.16. The lowest BCUT2D eigenvalue weighted by Gasteiger charge is -2.17. The molecule has 0 radical (unpaired) electrons. The third-order valence-electron chi connectivity index (χ3n) is 4.88. The van der Waals surface area contributed by atoms with Gasteiger partial charge in [-0.15, -0.1) is 0 Å². The average molecular weight is 379 g/mol. The number of pyridine rings is 1. The van der Waals surface area contributed by atoms with Crippen LogP contribution in [-0.2, 0) is 5.75 Å². The smallest absolute Gasteiger partial charge is 0.262 e. The standard InChI is InChI=1S/C21H22N4OS/c1-4-15(3)25-20(26)17-9-5-6-10-18(17)23-21(25)27-13-16-12-24-11-7-8-14(2)19(24)22-16/h5-12,15H,4,13H2,1-3H3. The van der Waals surface area contributed by atoms with Crippen LogP contribution in [0.1, 0.15) is 37.6 Å². The number of aromatic nitrogens is 4. The maximum absolute atomic E-state index is 13.0. The van der Waals surface area contributed by atoms with Gasteiger partial charge in [0.2, 0.25) is 0 Å². The Morgan fingerprint density at radius 3 is 2.74 bits per heavy atom. The molecule has 0 saturated carbocycles. The summed E-state index contributed by atoms with van der Waals surface area (Å²) in [4.78, 5) is 22.6. The highest BCUT2D eigenvalue weighted by Crippen LogP contribution is 2.25. The van der Waals surface area contributed by atoms with Crippen LogP contribution in [-0.4, -0.2) is 18.9 Å². The summed E-state index contributed by atoms with van der Waals surface area (Å²) in [5.41, 5.74) is 3.87. The quantitative estimate of drug-likeness (QED) is 0.376. The first-order chi connectivity index (χ1) is 13.1. The molecule has 138 valence electrons. The van der Waals surface area contributed by atoms with Crippen molar-refractivity contribution in [2.24, 2.45) is 0 Å². The fourth-order valence-electron chi connectivity index (χ4n) is 3.21. The first-order valence-electron chi connectivity index (χ1n) is 9.15. The predicted octanol–water partition coefficient (Wildman–Crippen LogP) is 4.62. The molecule has 0 aliphatic carbocycles. The number of aryl methyl sites for hydroxylation is 1. The van der Waals surface area contributed by atoms with Crippen molar-refractivity contribution in [2.45, 2.75) is 44.1 Å². The first kappa shape index (κ1) is 17.8. The minimum absolute atomic E-state index is 0.0308. The van der Waals surface area contributed by atoms with E-state index in [1.54, 1.807) is 11.8 Å². The van der Waals surface area contributed by atoms with Gasteiger partial charge in [-0.2, -0.15) is 0 Å². The second-order valence-electron chi connectivity index (χ2n) is 6.79. The molecule has 1 atom stereocenters. The predicted molar refractivity (Wildman–Crippen MR) is 110 cm³/mol. The van der Waals surface area contributed by atoms with E-state index >= 15 is 0 Å². The van der Waals surface area contributed by atoms with E-state index in [9.17, 15) is 4.79 Å². The molecule has 1 unspecified atom stereocenters. The van der Waals surface area contributed by atoms with Gasteiger partial charge in [-0.05, 0) is 44.0 Å². The van der Waals surface area contributed by atoms with Crippen LogP contribution < -0.4 is 5.56 Å². The molecule has 3 aromatic heterocycles. The van der Waals surface area contributed by atoms with Crippen LogP contribution in [0.5, 0.6) is 0 Å². The Bertz CT molecular complexity index is 1180. The van der Waals surface area contributed by atoms with Crippen LogP contribution >= 0.6 is 11.8 Å². The molecule has 1 aromatic carbocycles. The molecule has 0 N–H and O–H groups in total. The fraction of sp³-hybridized carbons (Fsp3) is 0.286. The van der Waals surface area contributed by atoms with Gasteiger partial charge in [0.15, 0.2) is 5.16 Å². The summed E-state index contributed by atoms with van der Waals surface area (Å²) in [6.45, 7) is 6.21. The molecule has 3 heterocycles. The van der Waals surface area contributed by atoms with E-state index in [4.69, 9.17) is 9.97 Å². The Labute approximate surface area is 162 Å². The van der Waals surface area contributed by atoms with Crippen LogP contribution in [0.15, 0.2) is 58.7 Å². The molecule has 5 nitrogen and oxygen atoms in total. The largest absolute Gasteiger partial charge is 0.307 e.